The van der Waals surface area contributed by atoms with Crippen LogP contribution in [0.4, 0.5) is 5.69 Å². The van der Waals surface area contributed by atoms with Gasteiger partial charge in [-0.15, -0.1) is 12.6 Å². The van der Waals surface area contributed by atoms with Crippen LogP contribution in [-0.2, 0) is 4.74 Å². The Balaban J connectivity index is 2.71. The third kappa shape index (κ3) is 4.58. The predicted octanol–water partition coefficient (Wildman–Crippen LogP) is 2.69. The first-order valence-corrected chi connectivity index (χ1v) is 6.19. The summed E-state index contributed by atoms with van der Waals surface area (Å²) < 4.78 is 5.50. The van der Waals surface area contributed by atoms with E-state index in [-0.39, 0.29) is 17.4 Å². The van der Waals surface area contributed by atoms with E-state index in [0.717, 1.165) is 0 Å². The van der Waals surface area contributed by atoms with Gasteiger partial charge in [-0.1, -0.05) is 0 Å². The van der Waals surface area contributed by atoms with Gasteiger partial charge in [0.15, 0.2) is 6.29 Å². The van der Waals surface area contributed by atoms with Gasteiger partial charge >= 0.3 is 0 Å². The van der Waals surface area contributed by atoms with Crippen LogP contribution in [0.25, 0.3) is 0 Å². The van der Waals surface area contributed by atoms with Gasteiger partial charge in [-0.25, -0.2) is 0 Å². The number of rotatable bonds is 6. The van der Waals surface area contributed by atoms with Crippen LogP contribution in [0, 0.1) is 0 Å². The SMILES string of the molecule is CC(C)OCC(C)(S)Nc1ccc(C=O)c(O)c1. The number of nitrogens with one attached hydrogen (secondary N) is 1. The standard InChI is InChI=1S/C13H19NO3S/c1-9(2)17-8-13(3,18)14-11-5-4-10(7-15)12(16)6-11/h4-7,9,14,16,18H,8H2,1-3H3. The lowest BCUT2D eigenvalue weighted by Gasteiger charge is -2.27. The highest BCUT2D eigenvalue weighted by Gasteiger charge is 2.20. The maximum atomic E-state index is 10.6. The fourth-order valence-corrected chi connectivity index (χ4v) is 1.60. The second kappa shape index (κ2) is 6.11. The van der Waals surface area contributed by atoms with Crippen LogP contribution < -0.4 is 5.32 Å². The molecule has 18 heavy (non-hydrogen) atoms. The zero-order chi connectivity index (χ0) is 13.8. The van der Waals surface area contributed by atoms with Crippen LogP contribution >= 0.6 is 12.6 Å². The molecule has 1 aromatic carbocycles. The van der Waals surface area contributed by atoms with E-state index in [0.29, 0.717) is 18.6 Å². The smallest absolute Gasteiger partial charge is 0.153 e. The normalized spacial score (nSPS) is 14.3. The molecule has 1 rings (SSSR count). The van der Waals surface area contributed by atoms with Crippen molar-refractivity contribution in [2.45, 2.75) is 31.7 Å². The Kier molecular flexibility index (Phi) is 5.04. The van der Waals surface area contributed by atoms with E-state index in [9.17, 15) is 9.90 Å². The molecule has 1 aromatic rings. The molecule has 0 aliphatic carbocycles. The number of carbonyl (C=O) groups excluding carboxylic acids is 1. The van der Waals surface area contributed by atoms with Gasteiger partial charge in [-0.05, 0) is 32.9 Å². The second-order valence-electron chi connectivity index (χ2n) is 4.65. The summed E-state index contributed by atoms with van der Waals surface area (Å²) >= 11 is 4.47. The summed E-state index contributed by atoms with van der Waals surface area (Å²) in [5.41, 5.74) is 0.947. The molecule has 5 heteroatoms. The zero-order valence-electron chi connectivity index (χ0n) is 10.8. The molecule has 1 unspecified atom stereocenters. The Morgan fingerprint density at radius 1 is 1.56 bits per heavy atom. The first-order chi connectivity index (χ1) is 8.34. The zero-order valence-corrected chi connectivity index (χ0v) is 11.7. The molecule has 4 nitrogen and oxygen atoms in total. The molecule has 2 N–H and O–H groups in total. The largest absolute Gasteiger partial charge is 0.507 e. The van der Waals surface area contributed by atoms with E-state index < -0.39 is 4.87 Å². The van der Waals surface area contributed by atoms with Crippen molar-refractivity contribution in [1.82, 2.24) is 0 Å². The third-order valence-electron chi connectivity index (χ3n) is 2.27. The molecule has 0 amide bonds. The number of thiol groups is 1. The summed E-state index contributed by atoms with van der Waals surface area (Å²) in [7, 11) is 0. The highest BCUT2D eigenvalue weighted by molar-refractivity contribution is 7.82. The Bertz CT molecular complexity index is 419. The molecule has 0 bridgehead atoms. The number of phenolic OH excluding ortho intramolecular Hbond substituents is 1. The van der Waals surface area contributed by atoms with Crippen molar-refractivity contribution in [3.8, 4) is 5.75 Å². The van der Waals surface area contributed by atoms with Gasteiger partial charge in [0.1, 0.15) is 10.6 Å². The fraction of sp³-hybridized carbons (Fsp3) is 0.462. The Morgan fingerprint density at radius 2 is 2.22 bits per heavy atom. The van der Waals surface area contributed by atoms with Gasteiger partial charge in [0.2, 0.25) is 0 Å². The van der Waals surface area contributed by atoms with Crippen molar-refractivity contribution in [1.29, 1.82) is 0 Å². The quantitative estimate of drug-likeness (QED) is 0.422. The Morgan fingerprint density at radius 3 is 2.72 bits per heavy atom. The van der Waals surface area contributed by atoms with Crippen molar-refractivity contribution in [3.05, 3.63) is 23.8 Å². The molecule has 0 aliphatic heterocycles. The molecule has 0 spiro atoms. The van der Waals surface area contributed by atoms with E-state index in [1.54, 1.807) is 12.1 Å². The van der Waals surface area contributed by atoms with Gasteiger partial charge in [0, 0.05) is 11.8 Å². The van der Waals surface area contributed by atoms with Gasteiger partial charge in [-0.3, -0.25) is 4.79 Å². The van der Waals surface area contributed by atoms with E-state index >= 15 is 0 Å². The maximum Gasteiger partial charge on any atom is 0.153 e. The molecular formula is C13H19NO3S. The number of benzene rings is 1. The van der Waals surface area contributed by atoms with Gasteiger partial charge < -0.3 is 15.2 Å². The van der Waals surface area contributed by atoms with Crippen molar-refractivity contribution < 1.29 is 14.6 Å². The average Bonchev–Trinajstić information content (AvgIpc) is 2.26. The maximum absolute atomic E-state index is 10.6. The number of aldehydes is 1. The summed E-state index contributed by atoms with van der Waals surface area (Å²) in [5.74, 6) is -0.0519. The predicted molar refractivity (Wildman–Crippen MR) is 75.6 cm³/mol. The summed E-state index contributed by atoms with van der Waals surface area (Å²) in [5, 5.41) is 12.7. The van der Waals surface area contributed by atoms with Crippen molar-refractivity contribution in [3.63, 3.8) is 0 Å². The van der Waals surface area contributed by atoms with Crippen molar-refractivity contribution in [2.75, 3.05) is 11.9 Å². The number of ether oxygens (including phenoxy) is 1. The van der Waals surface area contributed by atoms with Gasteiger partial charge in [0.25, 0.3) is 0 Å². The monoisotopic (exact) mass is 269 g/mol. The van der Waals surface area contributed by atoms with Gasteiger partial charge in [-0.2, -0.15) is 0 Å². The van der Waals surface area contributed by atoms with Gasteiger partial charge in [0.05, 0.1) is 18.3 Å². The molecule has 0 aliphatic rings. The number of hydrogen-bond donors (Lipinski definition) is 3. The van der Waals surface area contributed by atoms with Crippen LogP contribution in [0.1, 0.15) is 31.1 Å². The van der Waals surface area contributed by atoms with Crippen molar-refractivity contribution >= 4 is 24.6 Å². The average molecular weight is 269 g/mol. The molecule has 0 radical (unpaired) electrons. The lowest BCUT2D eigenvalue weighted by molar-refractivity contribution is 0.0690. The van der Waals surface area contributed by atoms with E-state index in [4.69, 9.17) is 4.74 Å². The van der Waals surface area contributed by atoms with Crippen LogP contribution in [0.15, 0.2) is 18.2 Å². The lowest BCUT2D eigenvalue weighted by atomic mass is 10.2. The van der Waals surface area contributed by atoms with E-state index in [2.05, 4.69) is 17.9 Å². The summed E-state index contributed by atoms with van der Waals surface area (Å²) in [4.78, 5) is 10.0. The highest BCUT2D eigenvalue weighted by Crippen LogP contribution is 2.25. The van der Waals surface area contributed by atoms with Crippen LogP contribution in [0.2, 0.25) is 0 Å². The number of aromatic hydroxyl groups is 1. The number of hydrogen-bond acceptors (Lipinski definition) is 5. The summed E-state index contributed by atoms with van der Waals surface area (Å²) in [6.45, 7) is 6.20. The molecule has 0 saturated carbocycles. The molecule has 0 fully saturated rings. The van der Waals surface area contributed by atoms with E-state index in [1.165, 1.54) is 6.07 Å². The minimum atomic E-state index is -0.556. The number of anilines is 1. The first kappa shape index (κ1) is 14.9. The first-order valence-electron chi connectivity index (χ1n) is 5.74. The van der Waals surface area contributed by atoms with E-state index in [1.807, 2.05) is 20.8 Å². The molecule has 1 atom stereocenters. The van der Waals surface area contributed by atoms with Crippen LogP contribution in [0.3, 0.4) is 0 Å². The summed E-state index contributed by atoms with van der Waals surface area (Å²) in [6, 6.07) is 4.76. The van der Waals surface area contributed by atoms with Crippen molar-refractivity contribution in [2.24, 2.45) is 0 Å². The Hall–Kier alpha value is -1.20. The van der Waals surface area contributed by atoms with Crippen LogP contribution in [-0.4, -0.2) is 29.0 Å². The molecule has 0 heterocycles. The fourth-order valence-electron chi connectivity index (χ4n) is 1.40. The molecule has 0 aromatic heterocycles. The van der Waals surface area contributed by atoms with Crippen LogP contribution in [0.5, 0.6) is 5.75 Å². The highest BCUT2D eigenvalue weighted by atomic mass is 32.1. The molecule has 0 saturated heterocycles. The number of carbonyl (C=O) groups is 1. The second-order valence-corrected chi connectivity index (χ2v) is 5.64. The topological polar surface area (TPSA) is 58.6 Å². The third-order valence-corrected chi connectivity index (χ3v) is 2.51. The number of phenols is 1. The summed E-state index contributed by atoms with van der Waals surface area (Å²) in [6.07, 6.45) is 0.741. The molecule has 100 valence electrons. The minimum absolute atomic E-state index is 0.0519. The molecular weight excluding hydrogens is 250 g/mol. The lowest BCUT2D eigenvalue weighted by Crippen LogP contribution is -2.34. The Labute approximate surface area is 113 Å². The minimum Gasteiger partial charge on any atom is -0.507 e.